The number of carbonyl (C=O) groups excluding carboxylic acids is 1. The van der Waals surface area contributed by atoms with E-state index in [9.17, 15) is 4.79 Å². The van der Waals surface area contributed by atoms with E-state index in [-0.39, 0.29) is 10.8 Å². The Kier molecular flexibility index (Phi) is 2.60. The van der Waals surface area contributed by atoms with Crippen LogP contribution in [0.2, 0.25) is 0 Å². The third-order valence-electron chi connectivity index (χ3n) is 5.00. The van der Waals surface area contributed by atoms with Crippen molar-refractivity contribution in [3.05, 3.63) is 23.3 Å². The van der Waals surface area contributed by atoms with Gasteiger partial charge in [-0.3, -0.25) is 4.79 Å². The van der Waals surface area contributed by atoms with Crippen LogP contribution in [0.1, 0.15) is 53.4 Å². The van der Waals surface area contributed by atoms with Crippen molar-refractivity contribution in [3.63, 3.8) is 0 Å². The molecule has 2 rings (SSSR count). The van der Waals surface area contributed by atoms with Gasteiger partial charge in [-0.1, -0.05) is 44.1 Å². The highest BCUT2D eigenvalue weighted by atomic mass is 16.1. The van der Waals surface area contributed by atoms with E-state index in [0.717, 1.165) is 25.7 Å². The van der Waals surface area contributed by atoms with Crippen LogP contribution in [0, 0.1) is 10.8 Å². The lowest BCUT2D eigenvalue weighted by molar-refractivity contribution is -0.126. The molecule has 0 aromatic rings. The Balaban J connectivity index is 2.37. The minimum absolute atomic E-state index is 0.0846. The van der Waals surface area contributed by atoms with Gasteiger partial charge in [-0.25, -0.2) is 0 Å². The van der Waals surface area contributed by atoms with Gasteiger partial charge in [0.05, 0.1) is 0 Å². The Morgan fingerprint density at radius 2 is 1.75 bits per heavy atom. The molecule has 1 fully saturated rings. The van der Waals surface area contributed by atoms with Crippen molar-refractivity contribution < 1.29 is 4.79 Å². The Labute approximate surface area is 98.6 Å². The zero-order chi connectivity index (χ0) is 12.0. The molecule has 0 N–H and O–H groups in total. The van der Waals surface area contributed by atoms with Crippen molar-refractivity contribution in [2.75, 3.05) is 0 Å². The van der Waals surface area contributed by atoms with E-state index in [1.807, 2.05) is 0 Å². The maximum Gasteiger partial charge on any atom is 0.139 e. The topological polar surface area (TPSA) is 17.1 Å². The highest BCUT2D eigenvalue weighted by Crippen LogP contribution is 2.56. The van der Waals surface area contributed by atoms with Gasteiger partial charge >= 0.3 is 0 Å². The monoisotopic (exact) mass is 218 g/mol. The molecule has 1 heteroatoms. The Morgan fingerprint density at radius 3 is 2.19 bits per heavy atom. The van der Waals surface area contributed by atoms with Crippen LogP contribution in [0.15, 0.2) is 23.3 Å². The molecule has 0 spiro atoms. The molecule has 88 valence electrons. The second kappa shape index (κ2) is 3.58. The molecule has 0 aromatic carbocycles. The summed E-state index contributed by atoms with van der Waals surface area (Å²) in [6, 6.07) is 0. The molecule has 0 unspecified atom stereocenters. The molecule has 1 nitrogen and oxygen atoms in total. The van der Waals surface area contributed by atoms with Gasteiger partial charge in [0, 0.05) is 17.3 Å². The van der Waals surface area contributed by atoms with Gasteiger partial charge in [0.1, 0.15) is 5.78 Å². The van der Waals surface area contributed by atoms with Crippen LogP contribution >= 0.6 is 0 Å². The van der Waals surface area contributed by atoms with Crippen LogP contribution in [0.5, 0.6) is 0 Å². The lowest BCUT2D eigenvalue weighted by atomic mass is 9.63. The number of hydrogen-bond acceptors (Lipinski definition) is 1. The molecule has 0 aromatic heterocycles. The molecule has 2 aliphatic rings. The van der Waals surface area contributed by atoms with Crippen LogP contribution in [0.3, 0.4) is 0 Å². The van der Waals surface area contributed by atoms with E-state index in [1.54, 1.807) is 0 Å². The molecule has 0 bridgehead atoms. The first-order valence-electron chi connectivity index (χ1n) is 6.28. The van der Waals surface area contributed by atoms with E-state index in [4.69, 9.17) is 0 Å². The second-order valence-corrected chi connectivity index (χ2v) is 6.09. The van der Waals surface area contributed by atoms with Crippen molar-refractivity contribution >= 4 is 5.78 Å². The average Bonchev–Trinajstić information content (AvgIpc) is 2.44. The molecule has 2 aliphatic carbocycles. The number of hydrogen-bond donors (Lipinski definition) is 0. The number of Topliss-reactive ketones (excluding diaryl/α,β-unsaturated/α-hetero) is 1. The smallest absolute Gasteiger partial charge is 0.139 e. The molecular weight excluding hydrogens is 196 g/mol. The van der Waals surface area contributed by atoms with Gasteiger partial charge in [0.15, 0.2) is 0 Å². The summed E-state index contributed by atoms with van der Waals surface area (Å²) in [4.78, 5) is 12.0. The van der Waals surface area contributed by atoms with E-state index in [2.05, 4.69) is 39.8 Å². The predicted molar refractivity (Wildman–Crippen MR) is 67.2 cm³/mol. The zero-order valence-corrected chi connectivity index (χ0v) is 10.9. The lowest BCUT2D eigenvalue weighted by Crippen LogP contribution is -2.36. The number of ketones is 1. The zero-order valence-electron chi connectivity index (χ0n) is 10.9. The fourth-order valence-electron chi connectivity index (χ4n) is 3.06. The largest absolute Gasteiger partial charge is 0.299 e. The maximum atomic E-state index is 12.0. The fraction of sp³-hybridized carbons (Fsp3) is 0.667. The quantitative estimate of drug-likeness (QED) is 0.649. The Morgan fingerprint density at radius 1 is 1.06 bits per heavy atom. The second-order valence-electron chi connectivity index (χ2n) is 6.09. The van der Waals surface area contributed by atoms with Crippen molar-refractivity contribution in [1.29, 1.82) is 0 Å². The minimum Gasteiger partial charge on any atom is -0.299 e. The number of rotatable bonds is 1. The van der Waals surface area contributed by atoms with Crippen LogP contribution in [-0.2, 0) is 4.79 Å². The minimum atomic E-state index is -0.183. The normalized spacial score (nSPS) is 33.6. The average molecular weight is 218 g/mol. The Bertz CT molecular complexity index is 384. The van der Waals surface area contributed by atoms with Crippen molar-refractivity contribution in [1.82, 2.24) is 0 Å². The van der Waals surface area contributed by atoms with E-state index >= 15 is 0 Å². The molecule has 1 saturated carbocycles. The summed E-state index contributed by atoms with van der Waals surface area (Å²) in [5, 5.41) is 0. The summed E-state index contributed by atoms with van der Waals surface area (Å²) in [6.07, 6.45) is 8.56. The van der Waals surface area contributed by atoms with Gasteiger partial charge in [0.25, 0.3) is 0 Å². The van der Waals surface area contributed by atoms with Crippen LogP contribution in [0.4, 0.5) is 0 Å². The van der Waals surface area contributed by atoms with Gasteiger partial charge in [-0.2, -0.15) is 0 Å². The SMILES string of the molecule is CC1=CC=C([C@@]2(C)CCC(=O)C2(C)C)CC1. The lowest BCUT2D eigenvalue weighted by Gasteiger charge is -2.40. The summed E-state index contributed by atoms with van der Waals surface area (Å²) in [6.45, 7) is 8.70. The highest BCUT2D eigenvalue weighted by molar-refractivity contribution is 5.88. The number of carbonyl (C=O) groups is 1. The molecule has 0 heterocycles. The summed E-state index contributed by atoms with van der Waals surface area (Å²) in [5.41, 5.74) is 2.84. The van der Waals surface area contributed by atoms with Gasteiger partial charge in [0.2, 0.25) is 0 Å². The van der Waals surface area contributed by atoms with E-state index in [1.165, 1.54) is 11.1 Å². The van der Waals surface area contributed by atoms with Crippen LogP contribution in [-0.4, -0.2) is 5.78 Å². The summed E-state index contributed by atoms with van der Waals surface area (Å²) in [5.74, 6) is 0.433. The first-order valence-corrected chi connectivity index (χ1v) is 6.28. The molecule has 0 aliphatic heterocycles. The summed E-state index contributed by atoms with van der Waals surface area (Å²) in [7, 11) is 0. The van der Waals surface area contributed by atoms with Crippen molar-refractivity contribution in [2.45, 2.75) is 53.4 Å². The molecule has 0 radical (unpaired) electrons. The first-order chi connectivity index (χ1) is 7.38. The maximum absolute atomic E-state index is 12.0. The molecular formula is C15H22O. The van der Waals surface area contributed by atoms with Gasteiger partial charge in [-0.05, 0) is 26.2 Å². The number of allylic oxidation sites excluding steroid dienone is 4. The van der Waals surface area contributed by atoms with Crippen LogP contribution < -0.4 is 0 Å². The molecule has 0 saturated heterocycles. The summed E-state index contributed by atoms with van der Waals surface area (Å²) >= 11 is 0. The van der Waals surface area contributed by atoms with Crippen molar-refractivity contribution in [2.24, 2.45) is 10.8 Å². The molecule has 16 heavy (non-hydrogen) atoms. The van der Waals surface area contributed by atoms with Crippen LogP contribution in [0.25, 0.3) is 0 Å². The third-order valence-corrected chi connectivity index (χ3v) is 5.00. The van der Waals surface area contributed by atoms with Crippen molar-refractivity contribution in [3.8, 4) is 0 Å². The molecule has 1 atom stereocenters. The summed E-state index contributed by atoms with van der Waals surface area (Å²) < 4.78 is 0. The first kappa shape index (κ1) is 11.6. The predicted octanol–water partition coefficient (Wildman–Crippen LogP) is 4.05. The van der Waals surface area contributed by atoms with E-state index < -0.39 is 0 Å². The molecule has 0 amide bonds. The van der Waals surface area contributed by atoms with Gasteiger partial charge < -0.3 is 0 Å². The Hall–Kier alpha value is -0.850. The fourth-order valence-corrected chi connectivity index (χ4v) is 3.06. The van der Waals surface area contributed by atoms with E-state index in [0.29, 0.717) is 5.78 Å². The van der Waals surface area contributed by atoms with Gasteiger partial charge in [-0.15, -0.1) is 0 Å². The third kappa shape index (κ3) is 1.49. The highest BCUT2D eigenvalue weighted by Gasteiger charge is 2.52. The standard InChI is InChI=1S/C15H22O/c1-11-5-7-12(8-6-11)15(4)10-9-13(16)14(15,2)3/h5,7H,6,8-10H2,1-4H3/t15-/m1/s1.